The van der Waals surface area contributed by atoms with Gasteiger partial charge < -0.3 is 14.6 Å². The van der Waals surface area contributed by atoms with Crippen LogP contribution in [0.1, 0.15) is 22.8 Å². The van der Waals surface area contributed by atoms with Crippen molar-refractivity contribution >= 4 is 35.3 Å². The average Bonchev–Trinajstić information content (AvgIpc) is 3.05. The Bertz CT molecular complexity index is 1020. The zero-order valence-electron chi connectivity index (χ0n) is 15.8. The van der Waals surface area contributed by atoms with Gasteiger partial charge in [-0.05, 0) is 48.9 Å². The minimum Gasteiger partial charge on any atom is -0.497 e. The van der Waals surface area contributed by atoms with Crippen LogP contribution < -0.4 is 9.75 Å². The number of carboxylic acids is 1. The maximum absolute atomic E-state index is 13.0. The molecule has 0 aliphatic carbocycles. The summed E-state index contributed by atoms with van der Waals surface area (Å²) in [6, 6.07) is 12.6. The topological polar surface area (TPSA) is 106 Å². The molecule has 1 heterocycles. The van der Waals surface area contributed by atoms with E-state index in [0.717, 1.165) is 5.01 Å². The third-order valence-corrected chi connectivity index (χ3v) is 4.11. The lowest BCUT2D eigenvalue weighted by atomic mass is 10.1. The fourth-order valence-electron chi connectivity index (χ4n) is 2.71. The van der Waals surface area contributed by atoms with Crippen LogP contribution in [-0.4, -0.2) is 42.4 Å². The molecule has 148 valence electrons. The van der Waals surface area contributed by atoms with Crippen molar-refractivity contribution in [1.82, 2.24) is 0 Å². The van der Waals surface area contributed by atoms with Crippen LogP contribution in [0, 0.1) is 0 Å². The molecule has 0 fully saturated rings. The second-order valence-electron chi connectivity index (χ2n) is 5.97. The van der Waals surface area contributed by atoms with Gasteiger partial charge in [0.1, 0.15) is 5.75 Å². The van der Waals surface area contributed by atoms with Crippen LogP contribution in [0.3, 0.4) is 0 Å². The van der Waals surface area contributed by atoms with Gasteiger partial charge in [-0.25, -0.2) is 9.59 Å². The minimum atomic E-state index is -1.14. The van der Waals surface area contributed by atoms with Crippen LogP contribution in [0.25, 0.3) is 6.08 Å². The molecule has 1 amide bonds. The van der Waals surface area contributed by atoms with Gasteiger partial charge in [-0.15, -0.1) is 0 Å². The molecule has 8 nitrogen and oxygen atoms in total. The molecule has 3 rings (SSSR count). The molecular weight excluding hydrogens is 376 g/mol. The second-order valence-corrected chi connectivity index (χ2v) is 5.97. The lowest BCUT2D eigenvalue weighted by molar-refractivity contribution is -0.135. The summed E-state index contributed by atoms with van der Waals surface area (Å²) in [6.07, 6.45) is 1.53. The number of ether oxygens (including phenoxy) is 2. The number of esters is 1. The number of nitrogens with zero attached hydrogens (tertiary/aromatic N) is 2. The molecule has 0 radical (unpaired) electrons. The smallest absolute Gasteiger partial charge is 0.359 e. The van der Waals surface area contributed by atoms with Gasteiger partial charge >= 0.3 is 11.9 Å². The Kier molecular flexibility index (Phi) is 5.73. The molecule has 2 aromatic carbocycles. The summed E-state index contributed by atoms with van der Waals surface area (Å²) >= 11 is 0. The Morgan fingerprint density at radius 1 is 1.17 bits per heavy atom. The second kappa shape index (κ2) is 8.39. The lowest BCUT2D eigenvalue weighted by Gasteiger charge is -2.12. The van der Waals surface area contributed by atoms with Crippen molar-refractivity contribution in [3.05, 3.63) is 65.2 Å². The quantitative estimate of drug-likeness (QED) is 0.597. The Hall–Kier alpha value is -3.94. The highest BCUT2D eigenvalue weighted by Gasteiger charge is 2.36. The number of rotatable bonds is 6. The van der Waals surface area contributed by atoms with E-state index in [4.69, 9.17) is 9.47 Å². The van der Waals surface area contributed by atoms with E-state index >= 15 is 0 Å². The number of carboxylic acid groups (broad SMARTS) is 1. The summed E-state index contributed by atoms with van der Waals surface area (Å²) in [5, 5.41) is 14.3. The number of amides is 1. The molecule has 2 aromatic rings. The number of hydrogen-bond acceptors (Lipinski definition) is 6. The van der Waals surface area contributed by atoms with Gasteiger partial charge in [-0.3, -0.25) is 4.79 Å². The number of hydrogen-bond donors (Lipinski definition) is 1. The molecule has 1 aliphatic rings. The zero-order chi connectivity index (χ0) is 21.0. The van der Waals surface area contributed by atoms with E-state index in [1.54, 1.807) is 38.3 Å². The Balaban J connectivity index is 2.03. The van der Waals surface area contributed by atoms with Gasteiger partial charge in [0.05, 0.1) is 30.5 Å². The largest absolute Gasteiger partial charge is 0.497 e. The molecular formula is C21H18N2O6. The highest BCUT2D eigenvalue weighted by molar-refractivity contribution is 6.54. The van der Waals surface area contributed by atoms with Gasteiger partial charge in [0, 0.05) is 0 Å². The van der Waals surface area contributed by atoms with Gasteiger partial charge in [0.2, 0.25) is 0 Å². The molecule has 0 saturated heterocycles. The molecule has 29 heavy (non-hydrogen) atoms. The van der Waals surface area contributed by atoms with Crippen LogP contribution in [0.4, 0.5) is 5.69 Å². The van der Waals surface area contributed by atoms with Crippen molar-refractivity contribution in [2.75, 3.05) is 18.7 Å². The van der Waals surface area contributed by atoms with Crippen LogP contribution >= 0.6 is 0 Å². The third kappa shape index (κ3) is 4.16. The first-order valence-electron chi connectivity index (χ1n) is 8.74. The Labute approximate surface area is 166 Å². The average molecular weight is 394 g/mol. The minimum absolute atomic E-state index is 0.00392. The maximum Gasteiger partial charge on any atom is 0.359 e. The Morgan fingerprint density at radius 2 is 1.90 bits per heavy atom. The first-order valence-corrected chi connectivity index (χ1v) is 8.74. The Morgan fingerprint density at radius 3 is 2.52 bits per heavy atom. The van der Waals surface area contributed by atoms with Gasteiger partial charge in [-0.2, -0.15) is 10.1 Å². The van der Waals surface area contributed by atoms with Crippen LogP contribution in [-0.2, 0) is 14.3 Å². The standard InChI is InChI=1S/C21H18N2O6/c1-3-29-21(27)18-17(11-13-7-9-16(28-2)10-8-13)19(24)23(22-18)15-6-4-5-14(12-15)20(25)26/h4-12H,3H2,1-2H3,(H,25,26). The number of carbonyl (C=O) groups is 3. The number of anilines is 1. The number of hydrazone groups is 1. The van der Waals surface area contributed by atoms with Crippen molar-refractivity contribution in [1.29, 1.82) is 0 Å². The van der Waals surface area contributed by atoms with Gasteiger partial charge in [0.15, 0.2) is 5.71 Å². The molecule has 0 atom stereocenters. The normalized spacial score (nSPS) is 14.7. The van der Waals surface area contributed by atoms with E-state index in [-0.39, 0.29) is 29.1 Å². The van der Waals surface area contributed by atoms with Crippen LogP contribution in [0.2, 0.25) is 0 Å². The van der Waals surface area contributed by atoms with Crippen molar-refractivity contribution in [2.24, 2.45) is 5.10 Å². The number of aromatic carboxylic acids is 1. The number of methoxy groups -OCH3 is 1. The van der Waals surface area contributed by atoms with Crippen molar-refractivity contribution in [3.8, 4) is 5.75 Å². The van der Waals surface area contributed by atoms with Gasteiger partial charge in [-0.1, -0.05) is 18.2 Å². The van der Waals surface area contributed by atoms with E-state index in [9.17, 15) is 19.5 Å². The highest BCUT2D eigenvalue weighted by Crippen LogP contribution is 2.27. The van der Waals surface area contributed by atoms with Crippen molar-refractivity contribution < 1.29 is 29.0 Å². The fourth-order valence-corrected chi connectivity index (χ4v) is 2.71. The molecule has 1 aliphatic heterocycles. The first kappa shape index (κ1) is 19.8. The van der Waals surface area contributed by atoms with E-state index in [1.807, 2.05) is 0 Å². The summed E-state index contributed by atoms with van der Waals surface area (Å²) in [5.74, 6) is -1.79. The molecule has 0 unspecified atom stereocenters. The summed E-state index contributed by atoms with van der Waals surface area (Å²) in [4.78, 5) is 36.6. The summed E-state index contributed by atoms with van der Waals surface area (Å²) in [7, 11) is 1.54. The summed E-state index contributed by atoms with van der Waals surface area (Å²) in [5.41, 5.74) is 0.792. The maximum atomic E-state index is 13.0. The first-order chi connectivity index (χ1) is 13.9. The lowest BCUT2D eigenvalue weighted by Crippen LogP contribution is -2.23. The SMILES string of the molecule is CCOC(=O)C1=NN(c2cccc(C(=O)O)c2)C(=O)C1=Cc1ccc(OC)cc1. The van der Waals surface area contributed by atoms with Crippen LogP contribution in [0.15, 0.2) is 59.2 Å². The molecule has 1 N–H and O–H groups in total. The fraction of sp³-hybridized carbons (Fsp3) is 0.143. The summed E-state index contributed by atoms with van der Waals surface area (Å²) in [6.45, 7) is 1.77. The molecule has 0 bridgehead atoms. The van der Waals surface area contributed by atoms with Crippen molar-refractivity contribution in [2.45, 2.75) is 6.92 Å². The van der Waals surface area contributed by atoms with Crippen LogP contribution in [0.5, 0.6) is 5.75 Å². The summed E-state index contributed by atoms with van der Waals surface area (Å²) < 4.78 is 10.1. The third-order valence-electron chi connectivity index (χ3n) is 4.11. The highest BCUT2D eigenvalue weighted by atomic mass is 16.5. The van der Waals surface area contributed by atoms with E-state index < -0.39 is 17.8 Å². The van der Waals surface area contributed by atoms with Gasteiger partial charge in [0.25, 0.3) is 5.91 Å². The van der Waals surface area contributed by atoms with E-state index in [2.05, 4.69) is 5.10 Å². The zero-order valence-corrected chi connectivity index (χ0v) is 15.8. The molecule has 0 saturated carbocycles. The number of benzene rings is 2. The van der Waals surface area contributed by atoms with E-state index in [0.29, 0.717) is 11.3 Å². The van der Waals surface area contributed by atoms with Crippen molar-refractivity contribution in [3.63, 3.8) is 0 Å². The van der Waals surface area contributed by atoms with E-state index in [1.165, 1.54) is 30.3 Å². The number of carbonyl (C=O) groups excluding carboxylic acids is 2. The monoisotopic (exact) mass is 394 g/mol. The molecule has 8 heteroatoms. The molecule has 0 spiro atoms. The predicted molar refractivity (Wildman–Crippen MR) is 106 cm³/mol. The molecule has 0 aromatic heterocycles. The predicted octanol–water partition coefficient (Wildman–Crippen LogP) is 2.74.